The molecule has 0 saturated carbocycles. The predicted octanol–water partition coefficient (Wildman–Crippen LogP) is 3.33. The molecule has 0 aromatic heterocycles. The van der Waals surface area contributed by atoms with Gasteiger partial charge < -0.3 is 28.8 Å². The Hall–Kier alpha value is 1.46. The summed E-state index contributed by atoms with van der Waals surface area (Å²) in [6.07, 6.45) is 0. The van der Waals surface area contributed by atoms with Crippen molar-refractivity contribution in [1.29, 1.82) is 0 Å². The van der Waals surface area contributed by atoms with Crippen LogP contribution in [0.1, 0.15) is 0 Å². The van der Waals surface area contributed by atoms with Crippen molar-refractivity contribution in [2.45, 2.75) is 90.7 Å². The Morgan fingerprint density at radius 1 is 0.828 bits per heavy atom. The molecular weight excluding hydrogens is 505 g/mol. The summed E-state index contributed by atoms with van der Waals surface area (Å²) in [5.74, 6) is 0. The Morgan fingerprint density at radius 2 is 1.31 bits per heavy atom. The molecule has 0 bridgehead atoms. The normalized spacial score (nSPS) is 32.0. The second-order valence-corrected chi connectivity index (χ2v) is 34.6. The lowest BCUT2D eigenvalue weighted by Crippen LogP contribution is -2.57. The van der Waals surface area contributed by atoms with Gasteiger partial charge in [-0.15, -0.1) is 0 Å². The first-order chi connectivity index (χ1) is 12.9. The standard InChI is InChI=1S/C14H44O7Si8/c1-22(2)17-29(12,21-27(9,10)20-26(6,7)8)14-13-28(11)18-24(4)15-23(3)16-25(5)19-28/h22-25H,13-14H2,1-12H3. The molecule has 1 fully saturated rings. The van der Waals surface area contributed by atoms with Crippen LogP contribution in [-0.4, -0.2) is 70.9 Å². The Bertz CT molecular complexity index is 507. The smallest absolute Gasteiger partial charge is 0.316 e. The van der Waals surface area contributed by atoms with Gasteiger partial charge in [-0.1, -0.05) is 0 Å². The first kappa shape index (κ1) is 28.5. The maximum Gasteiger partial charge on any atom is 0.316 e. The zero-order chi connectivity index (χ0) is 22.7. The Morgan fingerprint density at radius 3 is 1.72 bits per heavy atom. The highest BCUT2D eigenvalue weighted by Crippen LogP contribution is 2.30. The average Bonchev–Trinajstić information content (AvgIpc) is 2.38. The molecule has 1 aliphatic rings. The van der Waals surface area contributed by atoms with Gasteiger partial charge >= 0.3 is 25.7 Å². The number of hydrogen-bond donors (Lipinski definition) is 0. The van der Waals surface area contributed by atoms with E-state index in [0.29, 0.717) is 0 Å². The van der Waals surface area contributed by atoms with E-state index in [2.05, 4.69) is 78.6 Å². The molecule has 29 heavy (non-hydrogen) atoms. The van der Waals surface area contributed by atoms with Crippen LogP contribution in [0.25, 0.3) is 0 Å². The summed E-state index contributed by atoms with van der Waals surface area (Å²) >= 11 is 0. The van der Waals surface area contributed by atoms with E-state index in [1.807, 2.05) is 0 Å². The molecule has 0 aromatic rings. The Balaban J connectivity index is 2.93. The van der Waals surface area contributed by atoms with Gasteiger partial charge in [0, 0.05) is 0 Å². The minimum absolute atomic E-state index is 0.853. The fraction of sp³-hybridized carbons (Fsp3) is 1.00. The van der Waals surface area contributed by atoms with Crippen LogP contribution in [0.3, 0.4) is 0 Å². The summed E-state index contributed by atoms with van der Waals surface area (Å²) in [7, 11) is -15.1. The van der Waals surface area contributed by atoms with Crippen LogP contribution in [0, 0.1) is 0 Å². The topological polar surface area (TPSA) is 64.6 Å². The van der Waals surface area contributed by atoms with Crippen molar-refractivity contribution in [3.63, 3.8) is 0 Å². The van der Waals surface area contributed by atoms with Gasteiger partial charge in [-0.25, -0.2) is 0 Å². The molecule has 7 nitrogen and oxygen atoms in total. The summed E-state index contributed by atoms with van der Waals surface area (Å²) in [5, 5.41) is 0. The van der Waals surface area contributed by atoms with Gasteiger partial charge in [0.25, 0.3) is 27.9 Å². The summed E-state index contributed by atoms with van der Waals surface area (Å²) in [4.78, 5) is 0. The maximum atomic E-state index is 6.76. The molecule has 0 spiro atoms. The van der Waals surface area contributed by atoms with Crippen molar-refractivity contribution >= 4 is 70.9 Å². The summed E-state index contributed by atoms with van der Waals surface area (Å²) in [6, 6.07) is 1.72. The van der Waals surface area contributed by atoms with Crippen molar-refractivity contribution in [1.82, 2.24) is 0 Å². The Labute approximate surface area is 189 Å². The number of rotatable bonds is 9. The van der Waals surface area contributed by atoms with E-state index in [4.69, 9.17) is 28.8 Å². The van der Waals surface area contributed by atoms with Crippen molar-refractivity contribution in [3.05, 3.63) is 0 Å². The molecule has 0 aliphatic carbocycles. The van der Waals surface area contributed by atoms with E-state index in [-0.39, 0.29) is 0 Å². The average molecular weight is 549 g/mol. The minimum atomic E-state index is -2.41. The van der Waals surface area contributed by atoms with Gasteiger partial charge in [-0.3, -0.25) is 0 Å². The fourth-order valence-electron chi connectivity index (χ4n) is 3.84. The van der Waals surface area contributed by atoms with Gasteiger partial charge in [0.2, 0.25) is 0 Å². The molecule has 3 atom stereocenters. The van der Waals surface area contributed by atoms with Gasteiger partial charge in [-0.05, 0) is 90.7 Å². The van der Waals surface area contributed by atoms with Gasteiger partial charge in [0.05, 0.1) is 0 Å². The molecule has 1 saturated heterocycles. The van der Waals surface area contributed by atoms with E-state index < -0.39 is 70.9 Å². The van der Waals surface area contributed by atoms with E-state index in [9.17, 15) is 0 Å². The quantitative estimate of drug-likeness (QED) is 0.409. The third kappa shape index (κ3) is 11.8. The molecular formula is C14H44O7Si8. The lowest BCUT2D eigenvalue weighted by molar-refractivity contribution is 0.272. The highest BCUT2D eigenvalue weighted by atomic mass is 28.5. The summed E-state index contributed by atoms with van der Waals surface area (Å²) in [5.41, 5.74) is 0. The van der Waals surface area contributed by atoms with Crippen LogP contribution < -0.4 is 0 Å². The lowest BCUT2D eigenvalue weighted by atomic mass is 10.9. The Kier molecular flexibility index (Phi) is 10.9. The van der Waals surface area contributed by atoms with Crippen LogP contribution in [0.5, 0.6) is 0 Å². The van der Waals surface area contributed by atoms with Crippen molar-refractivity contribution in [3.8, 4) is 0 Å². The largest absolute Gasteiger partial charge is 0.439 e. The highest BCUT2D eigenvalue weighted by molar-refractivity contribution is 6.88. The third-order valence-electron chi connectivity index (χ3n) is 4.13. The second-order valence-electron chi connectivity index (χ2n) is 9.86. The molecule has 1 aliphatic heterocycles. The van der Waals surface area contributed by atoms with Crippen molar-refractivity contribution < 1.29 is 28.8 Å². The van der Waals surface area contributed by atoms with Crippen LogP contribution in [-0.2, 0) is 28.8 Å². The molecule has 0 amide bonds. The van der Waals surface area contributed by atoms with E-state index >= 15 is 0 Å². The summed E-state index contributed by atoms with van der Waals surface area (Å²) < 4.78 is 44.8. The van der Waals surface area contributed by atoms with Gasteiger partial charge in [0.15, 0.2) is 17.4 Å². The van der Waals surface area contributed by atoms with Gasteiger partial charge in [0.1, 0.15) is 0 Å². The molecule has 1 rings (SSSR count). The molecule has 0 aromatic carbocycles. The van der Waals surface area contributed by atoms with E-state index in [1.165, 1.54) is 0 Å². The molecule has 15 heteroatoms. The fourth-order valence-corrected chi connectivity index (χ4v) is 37.4. The van der Waals surface area contributed by atoms with E-state index in [1.54, 1.807) is 0 Å². The van der Waals surface area contributed by atoms with Crippen LogP contribution in [0.15, 0.2) is 0 Å². The van der Waals surface area contributed by atoms with Crippen molar-refractivity contribution in [2.75, 3.05) is 0 Å². The molecule has 0 radical (unpaired) electrons. The first-order valence-corrected chi connectivity index (χ1v) is 31.0. The maximum absolute atomic E-state index is 6.76. The number of hydrogen-bond acceptors (Lipinski definition) is 7. The summed E-state index contributed by atoms with van der Waals surface area (Å²) in [6.45, 7) is 26.0. The van der Waals surface area contributed by atoms with Crippen LogP contribution in [0.4, 0.5) is 0 Å². The molecule has 3 unspecified atom stereocenters. The molecule has 1 heterocycles. The third-order valence-corrected chi connectivity index (χ3v) is 31.7. The molecule has 0 N–H and O–H groups in total. The minimum Gasteiger partial charge on any atom is -0.439 e. The van der Waals surface area contributed by atoms with E-state index in [0.717, 1.165) is 12.1 Å². The monoisotopic (exact) mass is 548 g/mol. The second kappa shape index (κ2) is 11.1. The SMILES string of the molecule is C[SiH](C)O[Si](C)(CC[Si]1(C)O[SiH](C)O[SiH](C)O[SiH](C)O1)O[Si](C)(C)O[Si](C)(C)C. The lowest BCUT2D eigenvalue weighted by Gasteiger charge is -2.42. The first-order valence-electron chi connectivity index (χ1n) is 10.7. The highest BCUT2D eigenvalue weighted by Gasteiger charge is 2.46. The van der Waals surface area contributed by atoms with Gasteiger partial charge in [-0.2, -0.15) is 0 Å². The van der Waals surface area contributed by atoms with Crippen molar-refractivity contribution in [2.24, 2.45) is 0 Å². The van der Waals surface area contributed by atoms with Crippen LogP contribution in [0.2, 0.25) is 90.7 Å². The molecule has 174 valence electrons. The zero-order valence-electron chi connectivity index (χ0n) is 20.6. The zero-order valence-corrected chi connectivity index (χ0v) is 29.2. The predicted molar refractivity (Wildman–Crippen MR) is 139 cm³/mol. The van der Waals surface area contributed by atoms with Crippen LogP contribution >= 0.6 is 0 Å².